The highest BCUT2D eigenvalue weighted by atomic mass is 16.1. The summed E-state index contributed by atoms with van der Waals surface area (Å²) in [6, 6.07) is 3.70. The molecule has 4 nitrogen and oxygen atoms in total. The Morgan fingerprint density at radius 2 is 2.33 bits per heavy atom. The van der Waals surface area contributed by atoms with E-state index in [0.29, 0.717) is 12.1 Å². The first-order valence-corrected chi connectivity index (χ1v) is 5.06. The number of carbonyl (C=O) groups excluding carboxylic acids is 1. The van der Waals surface area contributed by atoms with Gasteiger partial charge >= 0.3 is 0 Å². The van der Waals surface area contributed by atoms with Crippen LogP contribution in [0.25, 0.3) is 0 Å². The van der Waals surface area contributed by atoms with E-state index in [1.807, 2.05) is 19.9 Å². The largest absolute Gasteiger partial charge is 0.352 e. The zero-order valence-electron chi connectivity index (χ0n) is 9.16. The molecule has 0 fully saturated rings. The zero-order chi connectivity index (χ0) is 11.3. The van der Waals surface area contributed by atoms with E-state index in [9.17, 15) is 4.79 Å². The van der Waals surface area contributed by atoms with Crippen LogP contribution in [0, 0.1) is 6.92 Å². The van der Waals surface area contributed by atoms with Gasteiger partial charge in [0.05, 0.1) is 5.56 Å². The fourth-order valence-electron chi connectivity index (χ4n) is 1.12. The second-order valence-electron chi connectivity index (χ2n) is 3.71. The van der Waals surface area contributed by atoms with Crippen LogP contribution in [0.5, 0.6) is 0 Å². The molecule has 0 saturated heterocycles. The highest BCUT2D eigenvalue weighted by Crippen LogP contribution is 1.98. The molecule has 4 heteroatoms. The molecule has 0 saturated carbocycles. The number of nitrogens with two attached hydrogens (primary N) is 1. The van der Waals surface area contributed by atoms with E-state index in [2.05, 4.69) is 10.3 Å². The lowest BCUT2D eigenvalue weighted by molar-refractivity contribution is 0.0952. The lowest BCUT2D eigenvalue weighted by atomic mass is 10.2. The highest BCUT2D eigenvalue weighted by Gasteiger charge is 2.04. The number of amides is 1. The van der Waals surface area contributed by atoms with Crippen molar-refractivity contribution in [1.29, 1.82) is 0 Å². The normalized spacial score (nSPS) is 12.2. The first-order valence-electron chi connectivity index (χ1n) is 5.06. The predicted octanol–water partition coefficient (Wildman–Crippen LogP) is 0.857. The SMILES string of the molecule is Cc1ccc(C(=O)NCCC(C)N)cn1. The number of pyridine rings is 1. The van der Waals surface area contributed by atoms with Gasteiger partial charge in [0.1, 0.15) is 0 Å². The maximum absolute atomic E-state index is 11.5. The summed E-state index contributed by atoms with van der Waals surface area (Å²) in [6.07, 6.45) is 2.36. The third-order valence-corrected chi connectivity index (χ3v) is 2.06. The topological polar surface area (TPSA) is 68.0 Å². The monoisotopic (exact) mass is 207 g/mol. The highest BCUT2D eigenvalue weighted by molar-refractivity contribution is 5.93. The van der Waals surface area contributed by atoms with Crippen LogP contribution in [-0.2, 0) is 0 Å². The smallest absolute Gasteiger partial charge is 0.252 e. The predicted molar refractivity (Wildman–Crippen MR) is 59.6 cm³/mol. The third kappa shape index (κ3) is 4.08. The van der Waals surface area contributed by atoms with Gasteiger partial charge in [0.2, 0.25) is 0 Å². The van der Waals surface area contributed by atoms with Crippen LogP contribution >= 0.6 is 0 Å². The van der Waals surface area contributed by atoms with Gasteiger partial charge in [-0.3, -0.25) is 9.78 Å². The number of rotatable bonds is 4. The molecule has 1 rings (SSSR count). The van der Waals surface area contributed by atoms with Gasteiger partial charge in [0, 0.05) is 24.5 Å². The van der Waals surface area contributed by atoms with E-state index in [-0.39, 0.29) is 11.9 Å². The average molecular weight is 207 g/mol. The summed E-state index contributed by atoms with van der Waals surface area (Å²) < 4.78 is 0. The van der Waals surface area contributed by atoms with Gasteiger partial charge in [0.15, 0.2) is 0 Å². The van der Waals surface area contributed by atoms with E-state index in [4.69, 9.17) is 5.73 Å². The summed E-state index contributed by atoms with van der Waals surface area (Å²) in [7, 11) is 0. The van der Waals surface area contributed by atoms with Crippen LogP contribution in [-0.4, -0.2) is 23.5 Å². The zero-order valence-corrected chi connectivity index (χ0v) is 9.16. The quantitative estimate of drug-likeness (QED) is 0.769. The molecule has 1 heterocycles. The molecule has 1 amide bonds. The fraction of sp³-hybridized carbons (Fsp3) is 0.455. The molecule has 1 aromatic rings. The molecule has 0 aromatic carbocycles. The van der Waals surface area contributed by atoms with Crippen molar-refractivity contribution < 1.29 is 4.79 Å². The van der Waals surface area contributed by atoms with Crippen molar-refractivity contribution in [2.75, 3.05) is 6.54 Å². The molecule has 1 unspecified atom stereocenters. The Labute approximate surface area is 89.9 Å². The Morgan fingerprint density at radius 3 is 2.87 bits per heavy atom. The fourth-order valence-corrected chi connectivity index (χ4v) is 1.12. The van der Waals surface area contributed by atoms with Crippen molar-refractivity contribution in [3.8, 4) is 0 Å². The molecule has 1 atom stereocenters. The maximum Gasteiger partial charge on any atom is 0.252 e. The second kappa shape index (κ2) is 5.46. The number of nitrogens with one attached hydrogen (secondary N) is 1. The van der Waals surface area contributed by atoms with E-state index in [0.717, 1.165) is 12.1 Å². The number of hydrogen-bond acceptors (Lipinski definition) is 3. The second-order valence-corrected chi connectivity index (χ2v) is 3.71. The standard InChI is InChI=1S/C11H17N3O/c1-8(12)5-6-13-11(15)10-4-3-9(2)14-7-10/h3-4,7-8H,5-6,12H2,1-2H3,(H,13,15). The summed E-state index contributed by atoms with van der Waals surface area (Å²) in [4.78, 5) is 15.6. The van der Waals surface area contributed by atoms with Crippen LogP contribution in [0.4, 0.5) is 0 Å². The molecule has 0 aliphatic heterocycles. The number of nitrogens with zero attached hydrogens (tertiary/aromatic N) is 1. The van der Waals surface area contributed by atoms with Crippen LogP contribution < -0.4 is 11.1 Å². The molecule has 3 N–H and O–H groups in total. The molecular formula is C11H17N3O. The summed E-state index contributed by atoms with van der Waals surface area (Å²) in [5, 5.41) is 2.79. The van der Waals surface area contributed by atoms with Crippen LogP contribution in [0.3, 0.4) is 0 Å². The van der Waals surface area contributed by atoms with Gasteiger partial charge in [-0.1, -0.05) is 0 Å². The minimum absolute atomic E-state index is 0.0943. The van der Waals surface area contributed by atoms with Crippen LogP contribution in [0.1, 0.15) is 29.4 Å². The Hall–Kier alpha value is -1.42. The van der Waals surface area contributed by atoms with Crippen molar-refractivity contribution in [3.05, 3.63) is 29.6 Å². The number of aromatic nitrogens is 1. The van der Waals surface area contributed by atoms with E-state index < -0.39 is 0 Å². The van der Waals surface area contributed by atoms with Crippen molar-refractivity contribution in [3.63, 3.8) is 0 Å². The summed E-state index contributed by atoms with van der Waals surface area (Å²) in [5.74, 6) is -0.0943. The Bertz CT molecular complexity index is 319. The average Bonchev–Trinajstić information content (AvgIpc) is 2.18. The van der Waals surface area contributed by atoms with E-state index in [1.165, 1.54) is 0 Å². The molecule has 0 aliphatic carbocycles. The van der Waals surface area contributed by atoms with Gasteiger partial charge < -0.3 is 11.1 Å². The Balaban J connectivity index is 2.43. The summed E-state index contributed by atoms with van der Waals surface area (Å²) in [6.45, 7) is 4.40. The Morgan fingerprint density at radius 1 is 1.60 bits per heavy atom. The van der Waals surface area contributed by atoms with Gasteiger partial charge in [-0.25, -0.2) is 0 Å². The number of aryl methyl sites for hydroxylation is 1. The van der Waals surface area contributed by atoms with E-state index >= 15 is 0 Å². The van der Waals surface area contributed by atoms with Crippen molar-refractivity contribution >= 4 is 5.91 Å². The molecule has 0 radical (unpaired) electrons. The van der Waals surface area contributed by atoms with Crippen LogP contribution in [0.15, 0.2) is 18.3 Å². The minimum Gasteiger partial charge on any atom is -0.352 e. The third-order valence-electron chi connectivity index (χ3n) is 2.06. The molecule has 1 aromatic heterocycles. The number of hydrogen-bond donors (Lipinski definition) is 2. The molecule has 0 bridgehead atoms. The van der Waals surface area contributed by atoms with Gasteiger partial charge in [-0.05, 0) is 32.4 Å². The lowest BCUT2D eigenvalue weighted by Gasteiger charge is -2.07. The molecule has 15 heavy (non-hydrogen) atoms. The minimum atomic E-state index is -0.0943. The first kappa shape index (κ1) is 11.7. The van der Waals surface area contributed by atoms with Crippen LogP contribution in [0.2, 0.25) is 0 Å². The molecule has 82 valence electrons. The van der Waals surface area contributed by atoms with Crippen molar-refractivity contribution in [1.82, 2.24) is 10.3 Å². The van der Waals surface area contributed by atoms with Gasteiger partial charge in [-0.2, -0.15) is 0 Å². The summed E-state index contributed by atoms with van der Waals surface area (Å²) >= 11 is 0. The van der Waals surface area contributed by atoms with Crippen molar-refractivity contribution in [2.24, 2.45) is 5.73 Å². The lowest BCUT2D eigenvalue weighted by Crippen LogP contribution is -2.28. The summed E-state index contributed by atoms with van der Waals surface area (Å²) in [5.41, 5.74) is 7.07. The molecule has 0 aliphatic rings. The number of carbonyl (C=O) groups is 1. The maximum atomic E-state index is 11.5. The van der Waals surface area contributed by atoms with Crippen molar-refractivity contribution in [2.45, 2.75) is 26.3 Å². The van der Waals surface area contributed by atoms with E-state index in [1.54, 1.807) is 12.3 Å². The first-order chi connectivity index (χ1) is 7.09. The molecular weight excluding hydrogens is 190 g/mol. The Kier molecular flexibility index (Phi) is 4.24. The van der Waals surface area contributed by atoms with Gasteiger partial charge in [0.25, 0.3) is 5.91 Å². The van der Waals surface area contributed by atoms with Gasteiger partial charge in [-0.15, -0.1) is 0 Å². The molecule has 0 spiro atoms.